The van der Waals surface area contributed by atoms with Gasteiger partial charge in [-0.25, -0.2) is 4.39 Å². The lowest BCUT2D eigenvalue weighted by Crippen LogP contribution is -2.26. The molecule has 1 aliphatic rings. The molecule has 0 spiro atoms. The minimum absolute atomic E-state index is 0.181. The molecule has 3 rings (SSSR count). The molecular formula is C23H29FO. The number of halogens is 1. The predicted octanol–water partition coefficient (Wildman–Crippen LogP) is 6.75. The van der Waals surface area contributed by atoms with E-state index in [1.807, 2.05) is 6.07 Å². The van der Waals surface area contributed by atoms with Crippen LogP contribution in [0.1, 0.15) is 63.5 Å². The van der Waals surface area contributed by atoms with Crippen molar-refractivity contribution in [2.75, 3.05) is 7.11 Å². The summed E-state index contributed by atoms with van der Waals surface area (Å²) in [6.45, 7) is 6.90. The number of hydrogen-bond acceptors (Lipinski definition) is 1. The van der Waals surface area contributed by atoms with Crippen molar-refractivity contribution in [2.45, 2.75) is 58.8 Å². The minimum Gasteiger partial charge on any atom is -0.497 e. The Morgan fingerprint density at radius 2 is 1.88 bits per heavy atom. The average molecular weight is 340 g/mol. The van der Waals surface area contributed by atoms with Gasteiger partial charge in [0, 0.05) is 5.56 Å². The summed E-state index contributed by atoms with van der Waals surface area (Å²) in [7, 11) is 1.63. The van der Waals surface area contributed by atoms with Crippen molar-refractivity contribution in [1.29, 1.82) is 0 Å². The molecule has 0 aromatic heterocycles. The predicted molar refractivity (Wildman–Crippen MR) is 103 cm³/mol. The maximum atomic E-state index is 14.7. The molecule has 1 atom stereocenters. The minimum atomic E-state index is -0.181. The van der Waals surface area contributed by atoms with Crippen LogP contribution in [0.25, 0.3) is 11.1 Å². The van der Waals surface area contributed by atoms with E-state index in [-0.39, 0.29) is 11.2 Å². The van der Waals surface area contributed by atoms with Gasteiger partial charge in [-0.05, 0) is 65.5 Å². The Kier molecular flexibility index (Phi) is 5.17. The van der Waals surface area contributed by atoms with Crippen LogP contribution in [-0.2, 0) is 6.42 Å². The van der Waals surface area contributed by atoms with Gasteiger partial charge in [-0.2, -0.15) is 0 Å². The number of ether oxygens (including phenoxy) is 1. The molecule has 1 aliphatic carbocycles. The fourth-order valence-corrected chi connectivity index (χ4v) is 4.27. The van der Waals surface area contributed by atoms with E-state index in [0.29, 0.717) is 17.2 Å². The summed E-state index contributed by atoms with van der Waals surface area (Å²) in [5.41, 5.74) is 4.54. The highest BCUT2D eigenvalue weighted by molar-refractivity contribution is 5.71. The van der Waals surface area contributed by atoms with Gasteiger partial charge in [-0.3, -0.25) is 0 Å². The fourth-order valence-electron chi connectivity index (χ4n) is 4.27. The monoisotopic (exact) mass is 340 g/mol. The molecule has 0 unspecified atom stereocenters. The summed E-state index contributed by atoms with van der Waals surface area (Å²) in [4.78, 5) is 0. The van der Waals surface area contributed by atoms with Crippen molar-refractivity contribution in [3.8, 4) is 16.9 Å². The van der Waals surface area contributed by atoms with Crippen LogP contribution in [0.3, 0.4) is 0 Å². The maximum absolute atomic E-state index is 14.7. The second-order valence-electron chi connectivity index (χ2n) is 7.91. The molecule has 0 N–H and O–H groups in total. The van der Waals surface area contributed by atoms with Crippen LogP contribution in [0.5, 0.6) is 5.75 Å². The SMILES string of the molecule is CCc1ccc(-c2cc(OC)ccc2F)c([C@H]2CCCCC2(C)C)c1. The van der Waals surface area contributed by atoms with Gasteiger partial charge in [0.2, 0.25) is 0 Å². The van der Waals surface area contributed by atoms with Gasteiger partial charge < -0.3 is 4.74 Å². The fraction of sp³-hybridized carbons (Fsp3) is 0.478. The Balaban J connectivity index is 2.17. The van der Waals surface area contributed by atoms with E-state index in [0.717, 1.165) is 12.0 Å². The zero-order valence-electron chi connectivity index (χ0n) is 15.9. The summed E-state index contributed by atoms with van der Waals surface area (Å²) >= 11 is 0. The third-order valence-electron chi connectivity index (χ3n) is 5.87. The number of methoxy groups -OCH3 is 1. The maximum Gasteiger partial charge on any atom is 0.131 e. The number of hydrogen-bond donors (Lipinski definition) is 0. The molecule has 0 aliphatic heterocycles. The highest BCUT2D eigenvalue weighted by Crippen LogP contribution is 2.49. The van der Waals surface area contributed by atoms with Crippen LogP contribution in [-0.4, -0.2) is 7.11 Å². The lowest BCUT2D eigenvalue weighted by molar-refractivity contribution is 0.200. The number of benzene rings is 2. The Morgan fingerprint density at radius 1 is 1.08 bits per heavy atom. The third kappa shape index (κ3) is 3.58. The first kappa shape index (κ1) is 18.0. The molecule has 0 saturated heterocycles. The summed E-state index contributed by atoms with van der Waals surface area (Å²) in [5.74, 6) is 0.984. The van der Waals surface area contributed by atoms with Gasteiger partial charge >= 0.3 is 0 Å². The summed E-state index contributed by atoms with van der Waals surface area (Å²) in [5, 5.41) is 0. The van der Waals surface area contributed by atoms with Gasteiger partial charge in [-0.1, -0.05) is 51.8 Å². The average Bonchev–Trinajstić information content (AvgIpc) is 2.61. The van der Waals surface area contributed by atoms with E-state index in [1.54, 1.807) is 13.2 Å². The molecular weight excluding hydrogens is 311 g/mol. The third-order valence-corrected chi connectivity index (χ3v) is 5.87. The molecule has 25 heavy (non-hydrogen) atoms. The first-order chi connectivity index (χ1) is 12.0. The van der Waals surface area contributed by atoms with Crippen molar-refractivity contribution in [3.05, 3.63) is 53.3 Å². The summed E-state index contributed by atoms with van der Waals surface area (Å²) in [6, 6.07) is 11.6. The van der Waals surface area contributed by atoms with Gasteiger partial charge in [-0.15, -0.1) is 0 Å². The van der Waals surface area contributed by atoms with Crippen molar-refractivity contribution in [2.24, 2.45) is 5.41 Å². The molecule has 0 radical (unpaired) electrons. The molecule has 2 aromatic carbocycles. The van der Waals surface area contributed by atoms with E-state index in [1.165, 1.54) is 42.9 Å². The van der Waals surface area contributed by atoms with Crippen molar-refractivity contribution in [3.63, 3.8) is 0 Å². The van der Waals surface area contributed by atoms with Crippen LogP contribution in [0.4, 0.5) is 4.39 Å². The summed E-state index contributed by atoms with van der Waals surface area (Å²) < 4.78 is 20.0. The highest BCUT2D eigenvalue weighted by Gasteiger charge is 2.35. The van der Waals surface area contributed by atoms with Crippen LogP contribution < -0.4 is 4.74 Å². The molecule has 0 heterocycles. The zero-order valence-corrected chi connectivity index (χ0v) is 15.9. The van der Waals surface area contributed by atoms with E-state index >= 15 is 0 Å². The normalized spacial score (nSPS) is 19.6. The molecule has 2 aromatic rings. The Labute approximate surface area is 151 Å². The first-order valence-corrected chi connectivity index (χ1v) is 9.43. The van der Waals surface area contributed by atoms with Crippen LogP contribution in [0.2, 0.25) is 0 Å². The van der Waals surface area contributed by atoms with Crippen molar-refractivity contribution in [1.82, 2.24) is 0 Å². The van der Waals surface area contributed by atoms with Crippen LogP contribution in [0, 0.1) is 11.2 Å². The van der Waals surface area contributed by atoms with Gasteiger partial charge in [0.15, 0.2) is 0 Å². The van der Waals surface area contributed by atoms with Crippen LogP contribution >= 0.6 is 0 Å². The second kappa shape index (κ2) is 7.19. The van der Waals surface area contributed by atoms with E-state index in [9.17, 15) is 4.39 Å². The van der Waals surface area contributed by atoms with E-state index < -0.39 is 0 Å². The van der Waals surface area contributed by atoms with Gasteiger partial charge in [0.05, 0.1) is 7.11 Å². The van der Waals surface area contributed by atoms with Crippen LogP contribution in [0.15, 0.2) is 36.4 Å². The molecule has 1 saturated carbocycles. The second-order valence-corrected chi connectivity index (χ2v) is 7.91. The Morgan fingerprint density at radius 3 is 2.56 bits per heavy atom. The largest absolute Gasteiger partial charge is 0.497 e. The lowest BCUT2D eigenvalue weighted by atomic mass is 9.65. The van der Waals surface area contributed by atoms with Crippen molar-refractivity contribution < 1.29 is 9.13 Å². The summed E-state index contributed by atoms with van der Waals surface area (Å²) in [6.07, 6.45) is 5.96. The topological polar surface area (TPSA) is 9.23 Å². The molecule has 2 heteroatoms. The van der Waals surface area contributed by atoms with Crippen molar-refractivity contribution >= 4 is 0 Å². The number of aryl methyl sites for hydroxylation is 1. The Bertz CT molecular complexity index is 748. The standard InChI is InChI=1S/C23H29FO/c1-5-16-9-11-18(20-15-17(25-4)10-12-22(20)24)19(14-16)21-8-6-7-13-23(21,2)3/h9-12,14-15,21H,5-8,13H2,1-4H3/t21-/m1/s1. The quantitative estimate of drug-likeness (QED) is 0.598. The Hall–Kier alpha value is -1.83. The number of rotatable bonds is 4. The van der Waals surface area contributed by atoms with Gasteiger partial charge in [0.1, 0.15) is 11.6 Å². The van der Waals surface area contributed by atoms with E-state index in [4.69, 9.17) is 4.74 Å². The van der Waals surface area contributed by atoms with Gasteiger partial charge in [0.25, 0.3) is 0 Å². The smallest absolute Gasteiger partial charge is 0.131 e. The molecule has 1 fully saturated rings. The molecule has 1 nitrogen and oxygen atoms in total. The molecule has 0 bridgehead atoms. The molecule has 0 amide bonds. The van der Waals surface area contributed by atoms with E-state index in [2.05, 4.69) is 39.0 Å². The lowest BCUT2D eigenvalue weighted by Gasteiger charge is -2.40. The molecule has 134 valence electrons. The first-order valence-electron chi connectivity index (χ1n) is 9.43. The highest BCUT2D eigenvalue weighted by atomic mass is 19.1. The zero-order chi connectivity index (χ0) is 18.0.